The van der Waals surface area contributed by atoms with Crippen molar-refractivity contribution in [1.82, 2.24) is 15.4 Å². The number of benzene rings is 1. The highest BCUT2D eigenvalue weighted by molar-refractivity contribution is 7.08. The molecule has 0 spiro atoms. The molecule has 0 saturated heterocycles. The minimum absolute atomic E-state index is 0.801. The molecule has 3 rings (SSSR count). The molecule has 0 aliphatic rings. The summed E-state index contributed by atoms with van der Waals surface area (Å²) in [6.07, 6.45) is 0. The van der Waals surface area contributed by atoms with Crippen LogP contribution in [0.3, 0.4) is 0 Å². The highest BCUT2D eigenvalue weighted by Gasteiger charge is 2.26. The Balaban J connectivity index is 2.14. The summed E-state index contributed by atoms with van der Waals surface area (Å²) in [5.41, 5.74) is 2.37. The Labute approximate surface area is 102 Å². The molecule has 0 aliphatic heterocycles. The van der Waals surface area contributed by atoms with Gasteiger partial charge in [-0.2, -0.15) is 11.3 Å². The van der Waals surface area contributed by atoms with Crippen LogP contribution in [0.5, 0.6) is 0 Å². The van der Waals surface area contributed by atoms with Gasteiger partial charge in [-0.1, -0.05) is 11.3 Å². The van der Waals surface area contributed by atoms with Crippen molar-refractivity contribution in [3.05, 3.63) is 46.2 Å². The predicted molar refractivity (Wildman–Crippen MR) is 66.9 cm³/mol. The largest absolute Gasteiger partial charge is 0.381 e. The number of hydrogen-bond acceptors (Lipinski definition) is 4. The summed E-state index contributed by atoms with van der Waals surface area (Å²) in [7, 11) is 0. The van der Waals surface area contributed by atoms with Crippen molar-refractivity contribution in [3.63, 3.8) is 0 Å². The van der Waals surface area contributed by atoms with Crippen molar-refractivity contribution in [3.8, 4) is 0 Å². The topological polar surface area (TPSA) is 61.8 Å². The van der Waals surface area contributed by atoms with Crippen molar-refractivity contribution >= 4 is 22.4 Å². The summed E-state index contributed by atoms with van der Waals surface area (Å²) in [6.45, 7) is 1.79. The minimum atomic E-state index is -0.987. The van der Waals surface area contributed by atoms with Gasteiger partial charge < -0.3 is 5.11 Å². The lowest BCUT2D eigenvalue weighted by Crippen LogP contribution is -2.21. The van der Waals surface area contributed by atoms with Gasteiger partial charge in [-0.25, -0.2) is 0 Å². The fourth-order valence-corrected chi connectivity index (χ4v) is 2.61. The summed E-state index contributed by atoms with van der Waals surface area (Å²) in [5, 5.41) is 25.0. The summed E-state index contributed by atoms with van der Waals surface area (Å²) >= 11 is 1.57. The van der Waals surface area contributed by atoms with E-state index in [0.717, 1.165) is 22.2 Å². The van der Waals surface area contributed by atoms with Crippen molar-refractivity contribution in [2.24, 2.45) is 0 Å². The van der Waals surface area contributed by atoms with Crippen molar-refractivity contribution in [2.45, 2.75) is 12.5 Å². The number of aliphatic hydroxyl groups is 1. The zero-order valence-corrected chi connectivity index (χ0v) is 10.0. The van der Waals surface area contributed by atoms with Gasteiger partial charge in [0.05, 0.1) is 5.52 Å². The van der Waals surface area contributed by atoms with E-state index in [-0.39, 0.29) is 0 Å². The average Bonchev–Trinajstić information content (AvgIpc) is 2.99. The number of aromatic amines is 1. The number of nitrogens with zero attached hydrogens (tertiary/aromatic N) is 2. The molecule has 2 aromatic heterocycles. The Hall–Kier alpha value is -1.72. The summed E-state index contributed by atoms with van der Waals surface area (Å²) in [5.74, 6) is 0. The quantitative estimate of drug-likeness (QED) is 0.728. The smallest absolute Gasteiger partial charge is 0.113 e. The summed E-state index contributed by atoms with van der Waals surface area (Å²) in [4.78, 5) is 0. The van der Waals surface area contributed by atoms with Crippen LogP contribution in [0.15, 0.2) is 35.0 Å². The molecule has 17 heavy (non-hydrogen) atoms. The molecule has 0 bridgehead atoms. The maximum atomic E-state index is 10.6. The van der Waals surface area contributed by atoms with Gasteiger partial charge in [0, 0.05) is 0 Å². The second-order valence-corrected chi connectivity index (χ2v) is 4.91. The average molecular weight is 245 g/mol. The van der Waals surface area contributed by atoms with Crippen molar-refractivity contribution < 1.29 is 5.11 Å². The van der Waals surface area contributed by atoms with Crippen LogP contribution >= 0.6 is 11.3 Å². The fraction of sp³-hybridized carbons (Fsp3) is 0.167. The van der Waals surface area contributed by atoms with Crippen molar-refractivity contribution in [2.75, 3.05) is 0 Å². The van der Waals surface area contributed by atoms with Crippen LogP contribution in [0.1, 0.15) is 18.1 Å². The fourth-order valence-electron chi connectivity index (χ4n) is 1.86. The highest BCUT2D eigenvalue weighted by atomic mass is 32.1. The number of H-pyrrole nitrogens is 1. The molecular weight excluding hydrogens is 234 g/mol. The normalized spacial score (nSPS) is 14.9. The SMILES string of the molecule is CC(O)(c1ccsc1)c1ccc2nn[nH]c2c1. The van der Waals surface area contributed by atoms with E-state index < -0.39 is 5.60 Å². The van der Waals surface area contributed by atoms with E-state index in [0.29, 0.717) is 0 Å². The van der Waals surface area contributed by atoms with E-state index in [9.17, 15) is 5.11 Å². The molecule has 2 heterocycles. The van der Waals surface area contributed by atoms with Crippen LogP contribution in [-0.4, -0.2) is 20.5 Å². The van der Waals surface area contributed by atoms with Gasteiger partial charge in [-0.05, 0) is 47.0 Å². The van der Waals surface area contributed by atoms with E-state index in [2.05, 4.69) is 15.4 Å². The lowest BCUT2D eigenvalue weighted by Gasteiger charge is -2.22. The van der Waals surface area contributed by atoms with Gasteiger partial charge in [-0.15, -0.1) is 5.10 Å². The van der Waals surface area contributed by atoms with E-state index in [1.54, 1.807) is 18.3 Å². The number of aromatic nitrogens is 3. The molecule has 3 aromatic rings. The Morgan fingerprint density at radius 2 is 2.18 bits per heavy atom. The predicted octanol–water partition coefficient (Wildman–Crippen LogP) is 2.28. The first kappa shape index (κ1) is 10.4. The Bertz CT molecular complexity index is 643. The van der Waals surface area contributed by atoms with Crippen LogP contribution in [-0.2, 0) is 5.60 Å². The Kier molecular flexibility index (Phi) is 2.24. The number of rotatable bonds is 2. The molecule has 1 unspecified atom stereocenters. The molecule has 2 N–H and O–H groups in total. The summed E-state index contributed by atoms with van der Waals surface area (Å²) in [6, 6.07) is 7.55. The molecule has 0 fully saturated rings. The molecule has 4 nitrogen and oxygen atoms in total. The monoisotopic (exact) mass is 245 g/mol. The highest BCUT2D eigenvalue weighted by Crippen LogP contribution is 2.31. The Morgan fingerprint density at radius 1 is 1.29 bits per heavy atom. The second-order valence-electron chi connectivity index (χ2n) is 4.13. The number of thiophene rings is 1. The van der Waals surface area contributed by atoms with Crippen LogP contribution in [0.2, 0.25) is 0 Å². The third kappa shape index (κ3) is 1.64. The molecule has 0 saturated carbocycles. The first-order valence-corrected chi connectivity index (χ1v) is 6.18. The van der Waals surface area contributed by atoms with Gasteiger partial charge in [-0.3, -0.25) is 5.10 Å². The van der Waals surface area contributed by atoms with Gasteiger partial charge in [0.15, 0.2) is 0 Å². The molecule has 0 aliphatic carbocycles. The standard InChI is InChI=1S/C12H11N3OS/c1-12(16,9-4-5-17-7-9)8-2-3-10-11(6-8)14-15-13-10/h2-7,16H,1H3,(H,13,14,15). The van der Waals surface area contributed by atoms with Crippen LogP contribution in [0.4, 0.5) is 0 Å². The van der Waals surface area contributed by atoms with E-state index in [1.807, 2.05) is 35.0 Å². The molecule has 5 heteroatoms. The van der Waals surface area contributed by atoms with E-state index in [4.69, 9.17) is 0 Å². The van der Waals surface area contributed by atoms with E-state index in [1.165, 1.54) is 0 Å². The van der Waals surface area contributed by atoms with Gasteiger partial charge >= 0.3 is 0 Å². The molecule has 1 aromatic carbocycles. The maximum absolute atomic E-state index is 10.6. The third-order valence-electron chi connectivity index (χ3n) is 2.97. The zero-order chi connectivity index (χ0) is 11.9. The van der Waals surface area contributed by atoms with Gasteiger partial charge in [0.2, 0.25) is 0 Å². The lowest BCUT2D eigenvalue weighted by molar-refractivity contribution is 0.103. The number of hydrogen-bond donors (Lipinski definition) is 2. The lowest BCUT2D eigenvalue weighted by atomic mass is 9.90. The zero-order valence-electron chi connectivity index (χ0n) is 9.21. The first-order chi connectivity index (χ1) is 8.18. The van der Waals surface area contributed by atoms with Gasteiger partial charge in [0.25, 0.3) is 0 Å². The third-order valence-corrected chi connectivity index (χ3v) is 3.65. The molecule has 1 atom stereocenters. The molecular formula is C12H11N3OS. The molecule has 0 radical (unpaired) electrons. The first-order valence-electron chi connectivity index (χ1n) is 5.24. The van der Waals surface area contributed by atoms with Crippen LogP contribution in [0.25, 0.3) is 11.0 Å². The Morgan fingerprint density at radius 3 is 2.94 bits per heavy atom. The van der Waals surface area contributed by atoms with E-state index >= 15 is 0 Å². The second kappa shape index (κ2) is 3.65. The number of fused-ring (bicyclic) bond motifs is 1. The number of nitrogens with one attached hydrogen (secondary N) is 1. The molecule has 86 valence electrons. The van der Waals surface area contributed by atoms with Crippen LogP contribution in [0, 0.1) is 0 Å². The molecule has 0 amide bonds. The minimum Gasteiger partial charge on any atom is -0.381 e. The van der Waals surface area contributed by atoms with Crippen molar-refractivity contribution in [1.29, 1.82) is 0 Å². The maximum Gasteiger partial charge on any atom is 0.113 e. The van der Waals surface area contributed by atoms with Crippen LogP contribution < -0.4 is 0 Å². The van der Waals surface area contributed by atoms with Gasteiger partial charge in [0.1, 0.15) is 11.1 Å². The summed E-state index contributed by atoms with van der Waals surface area (Å²) < 4.78 is 0.